The lowest BCUT2D eigenvalue weighted by molar-refractivity contribution is 0.0937. The topological polar surface area (TPSA) is 56.2 Å². The molecule has 5 nitrogen and oxygen atoms in total. The Bertz CT molecular complexity index is 1490. The number of para-hydroxylation sites is 2. The monoisotopic (exact) mass is 483 g/mol. The second kappa shape index (κ2) is 10.2. The highest BCUT2D eigenvalue weighted by atomic mass is 35.5. The van der Waals surface area contributed by atoms with Crippen LogP contribution in [0.1, 0.15) is 35.6 Å². The van der Waals surface area contributed by atoms with Gasteiger partial charge in [-0.2, -0.15) is 0 Å². The Morgan fingerprint density at radius 2 is 1.71 bits per heavy atom. The van der Waals surface area contributed by atoms with Gasteiger partial charge >= 0.3 is 0 Å². The van der Waals surface area contributed by atoms with Crippen molar-refractivity contribution in [3.8, 4) is 5.75 Å². The maximum Gasteiger partial charge on any atom is 0.253 e. The van der Waals surface area contributed by atoms with Crippen molar-refractivity contribution in [2.24, 2.45) is 0 Å². The summed E-state index contributed by atoms with van der Waals surface area (Å²) < 4.78 is 8.21. The van der Waals surface area contributed by atoms with Gasteiger partial charge in [0.2, 0.25) is 0 Å². The van der Waals surface area contributed by atoms with Crippen molar-refractivity contribution >= 4 is 39.3 Å². The van der Waals surface area contributed by atoms with Crippen molar-refractivity contribution in [1.82, 2.24) is 14.9 Å². The van der Waals surface area contributed by atoms with Gasteiger partial charge in [0.1, 0.15) is 11.6 Å². The van der Waals surface area contributed by atoms with Crippen molar-refractivity contribution in [3.63, 3.8) is 0 Å². The molecule has 0 aliphatic carbocycles. The molecule has 0 saturated heterocycles. The fourth-order valence-electron chi connectivity index (χ4n) is 4.31. The number of aromatic nitrogens is 2. The predicted molar refractivity (Wildman–Crippen MR) is 141 cm³/mol. The number of halogens is 1. The first-order valence-corrected chi connectivity index (χ1v) is 12.1. The molecule has 176 valence electrons. The molecular weight excluding hydrogens is 458 g/mol. The van der Waals surface area contributed by atoms with E-state index in [0.29, 0.717) is 17.2 Å². The number of rotatable bonds is 8. The maximum atomic E-state index is 12.8. The summed E-state index contributed by atoms with van der Waals surface area (Å²) in [5.74, 6) is 1.44. The summed E-state index contributed by atoms with van der Waals surface area (Å²) in [7, 11) is 0. The Morgan fingerprint density at radius 1 is 0.971 bits per heavy atom. The van der Waals surface area contributed by atoms with Crippen LogP contribution in [0.5, 0.6) is 5.75 Å². The van der Waals surface area contributed by atoms with Crippen molar-refractivity contribution in [1.29, 1.82) is 0 Å². The maximum absolute atomic E-state index is 12.8. The van der Waals surface area contributed by atoms with E-state index in [4.69, 9.17) is 21.3 Å². The zero-order valence-electron chi connectivity index (χ0n) is 19.4. The van der Waals surface area contributed by atoms with E-state index in [1.54, 1.807) is 18.2 Å². The minimum absolute atomic E-state index is 0.221. The number of hydrogen-bond acceptors (Lipinski definition) is 3. The average molecular weight is 484 g/mol. The van der Waals surface area contributed by atoms with Crippen LogP contribution in [0, 0.1) is 0 Å². The second-order valence-electron chi connectivity index (χ2n) is 8.50. The molecule has 1 amide bonds. The Morgan fingerprint density at radius 3 is 2.57 bits per heavy atom. The second-order valence-corrected chi connectivity index (χ2v) is 8.90. The molecule has 4 aromatic carbocycles. The average Bonchev–Trinajstić information content (AvgIpc) is 3.25. The van der Waals surface area contributed by atoms with Crippen molar-refractivity contribution in [2.75, 3.05) is 6.61 Å². The molecule has 0 radical (unpaired) electrons. The molecule has 0 aliphatic heterocycles. The predicted octanol–water partition coefficient (Wildman–Crippen LogP) is 6.80. The number of hydrogen-bond donors (Lipinski definition) is 1. The molecule has 1 atom stereocenters. The Labute approximate surface area is 209 Å². The molecule has 0 saturated carbocycles. The number of carbonyl (C=O) groups excluding carboxylic acids is 1. The number of nitrogens with one attached hydrogen (secondary N) is 1. The molecule has 35 heavy (non-hydrogen) atoms. The third-order valence-corrected chi connectivity index (χ3v) is 6.38. The van der Waals surface area contributed by atoms with Crippen LogP contribution in [0.3, 0.4) is 0 Å². The lowest BCUT2D eigenvalue weighted by atomic mass is 10.1. The lowest BCUT2D eigenvalue weighted by Crippen LogP contribution is -2.29. The normalized spacial score (nSPS) is 12.1. The van der Waals surface area contributed by atoms with E-state index >= 15 is 0 Å². The third kappa shape index (κ3) is 5.00. The Balaban J connectivity index is 1.30. The van der Waals surface area contributed by atoms with Gasteiger partial charge in [0.05, 0.1) is 34.3 Å². The standard InChI is InChI=1S/C29H26ClN3O2/c1-20(31-29(34)24-11-4-5-12-25(24)30)28-32-26-13-6-7-14-27(26)33(28)17-8-18-35-23-16-15-21-9-2-3-10-22(21)19-23/h2-7,9-16,19-20H,8,17-18H2,1H3,(H,31,34). The van der Waals surface area contributed by atoms with E-state index in [1.165, 1.54) is 5.39 Å². The quantitative estimate of drug-likeness (QED) is 0.247. The molecule has 1 unspecified atom stereocenters. The molecule has 0 spiro atoms. The van der Waals surface area contributed by atoms with Crippen LogP contribution < -0.4 is 10.1 Å². The molecule has 1 aromatic heterocycles. The summed E-state index contributed by atoms with van der Waals surface area (Å²) in [6.45, 7) is 3.23. The first kappa shape index (κ1) is 22.9. The van der Waals surface area contributed by atoms with E-state index < -0.39 is 0 Å². The summed E-state index contributed by atoms with van der Waals surface area (Å²) in [6.07, 6.45) is 0.797. The van der Waals surface area contributed by atoms with Gasteiger partial charge < -0.3 is 14.6 Å². The van der Waals surface area contributed by atoms with Gasteiger partial charge in [-0.3, -0.25) is 4.79 Å². The molecule has 5 aromatic rings. The number of benzene rings is 4. The van der Waals surface area contributed by atoms with Crippen LogP contribution in [-0.2, 0) is 6.54 Å². The molecule has 1 N–H and O–H groups in total. The first-order valence-electron chi connectivity index (χ1n) is 11.7. The summed E-state index contributed by atoms with van der Waals surface area (Å²) in [5.41, 5.74) is 2.39. The number of aryl methyl sites for hydroxylation is 1. The largest absolute Gasteiger partial charge is 0.494 e. The highest BCUT2D eigenvalue weighted by molar-refractivity contribution is 6.33. The van der Waals surface area contributed by atoms with Gasteiger partial charge in [-0.15, -0.1) is 0 Å². The Hall–Kier alpha value is -3.83. The van der Waals surface area contributed by atoms with E-state index in [9.17, 15) is 4.79 Å². The summed E-state index contributed by atoms with van der Waals surface area (Å²) in [5, 5.41) is 5.84. The highest BCUT2D eigenvalue weighted by Crippen LogP contribution is 2.24. The molecule has 5 rings (SSSR count). The van der Waals surface area contributed by atoms with Gasteiger partial charge in [-0.1, -0.05) is 66.2 Å². The summed E-state index contributed by atoms with van der Waals surface area (Å²) in [4.78, 5) is 17.7. The molecule has 0 aliphatic rings. The molecule has 6 heteroatoms. The van der Waals surface area contributed by atoms with Crippen molar-refractivity contribution in [2.45, 2.75) is 25.9 Å². The first-order chi connectivity index (χ1) is 17.1. The fourth-order valence-corrected chi connectivity index (χ4v) is 4.54. The molecular formula is C29H26ClN3O2. The van der Waals surface area contributed by atoms with E-state index in [1.807, 2.05) is 49.4 Å². The van der Waals surface area contributed by atoms with Crippen LogP contribution >= 0.6 is 11.6 Å². The van der Waals surface area contributed by atoms with E-state index in [0.717, 1.165) is 41.0 Å². The molecule has 0 bridgehead atoms. The van der Waals surface area contributed by atoms with Crippen LogP contribution in [0.2, 0.25) is 5.02 Å². The number of nitrogens with zero attached hydrogens (tertiary/aromatic N) is 2. The highest BCUT2D eigenvalue weighted by Gasteiger charge is 2.20. The number of imidazole rings is 1. The molecule has 1 heterocycles. The number of ether oxygens (including phenoxy) is 1. The summed E-state index contributed by atoms with van der Waals surface area (Å²) >= 11 is 6.22. The number of carbonyl (C=O) groups is 1. The van der Waals surface area contributed by atoms with Crippen molar-refractivity contribution < 1.29 is 9.53 Å². The van der Waals surface area contributed by atoms with Crippen molar-refractivity contribution in [3.05, 3.63) is 107 Å². The van der Waals surface area contributed by atoms with Crippen LogP contribution in [-0.4, -0.2) is 22.1 Å². The minimum Gasteiger partial charge on any atom is -0.494 e. The smallest absolute Gasteiger partial charge is 0.253 e. The van der Waals surface area contributed by atoms with Crippen LogP contribution in [0.4, 0.5) is 0 Å². The summed E-state index contributed by atoms with van der Waals surface area (Å²) in [6, 6.07) is 29.2. The third-order valence-electron chi connectivity index (χ3n) is 6.05. The number of amides is 1. The minimum atomic E-state index is -0.299. The number of fused-ring (bicyclic) bond motifs is 2. The SMILES string of the molecule is CC(NC(=O)c1ccccc1Cl)c1nc2ccccc2n1CCCOc1ccc2ccccc2c1. The van der Waals surface area contributed by atoms with Gasteiger partial charge in [0.15, 0.2) is 0 Å². The lowest BCUT2D eigenvalue weighted by Gasteiger charge is -2.17. The van der Waals surface area contributed by atoms with Gasteiger partial charge in [0, 0.05) is 6.54 Å². The van der Waals surface area contributed by atoms with Crippen LogP contribution in [0.25, 0.3) is 21.8 Å². The zero-order valence-corrected chi connectivity index (χ0v) is 20.2. The zero-order chi connectivity index (χ0) is 24.2. The van der Waals surface area contributed by atoms with E-state index in [2.05, 4.69) is 40.2 Å². The fraction of sp³-hybridized carbons (Fsp3) is 0.172. The Kier molecular flexibility index (Phi) is 6.68. The van der Waals surface area contributed by atoms with Gasteiger partial charge in [-0.25, -0.2) is 4.98 Å². The van der Waals surface area contributed by atoms with Gasteiger partial charge in [-0.05, 0) is 60.5 Å². The van der Waals surface area contributed by atoms with Gasteiger partial charge in [0.25, 0.3) is 5.91 Å². The molecule has 0 fully saturated rings. The van der Waals surface area contributed by atoms with Crippen LogP contribution in [0.15, 0.2) is 91.0 Å². The van der Waals surface area contributed by atoms with E-state index in [-0.39, 0.29) is 11.9 Å².